The van der Waals surface area contributed by atoms with Gasteiger partial charge in [-0.05, 0) is 31.7 Å². The van der Waals surface area contributed by atoms with E-state index >= 15 is 0 Å². The Bertz CT molecular complexity index is 534. The van der Waals surface area contributed by atoms with Crippen LogP contribution < -0.4 is 5.32 Å². The van der Waals surface area contributed by atoms with Gasteiger partial charge in [0.2, 0.25) is 11.8 Å². The zero-order valence-electron chi connectivity index (χ0n) is 14.3. The summed E-state index contributed by atoms with van der Waals surface area (Å²) in [5, 5.41) is 3.11. The number of carbonyl (C=O) groups is 2. The van der Waals surface area contributed by atoms with Crippen LogP contribution in [0.2, 0.25) is 0 Å². The highest BCUT2D eigenvalue weighted by molar-refractivity contribution is 5.79. The summed E-state index contributed by atoms with van der Waals surface area (Å²) in [4.78, 5) is 26.1. The molecule has 0 aromatic heterocycles. The Morgan fingerprint density at radius 3 is 2.65 bits per heavy atom. The van der Waals surface area contributed by atoms with Crippen molar-refractivity contribution in [2.75, 3.05) is 13.1 Å². The summed E-state index contributed by atoms with van der Waals surface area (Å²) in [6.45, 7) is 5.66. The number of amides is 2. The second kappa shape index (κ2) is 8.70. The third kappa shape index (κ3) is 5.70. The van der Waals surface area contributed by atoms with Crippen molar-refractivity contribution in [3.63, 3.8) is 0 Å². The van der Waals surface area contributed by atoms with E-state index in [-0.39, 0.29) is 17.9 Å². The molecule has 4 nitrogen and oxygen atoms in total. The topological polar surface area (TPSA) is 49.4 Å². The van der Waals surface area contributed by atoms with Crippen molar-refractivity contribution in [3.8, 4) is 0 Å². The Morgan fingerprint density at radius 2 is 2.00 bits per heavy atom. The van der Waals surface area contributed by atoms with Gasteiger partial charge in [-0.25, -0.2) is 0 Å². The maximum atomic E-state index is 12.2. The first kappa shape index (κ1) is 17.5. The summed E-state index contributed by atoms with van der Waals surface area (Å²) in [6, 6.07) is 8.25. The van der Waals surface area contributed by atoms with Crippen molar-refractivity contribution < 1.29 is 9.59 Å². The highest BCUT2D eigenvalue weighted by Gasteiger charge is 2.23. The summed E-state index contributed by atoms with van der Waals surface area (Å²) in [6.07, 6.45) is 4.82. The number of piperidine rings is 1. The Kier molecular flexibility index (Phi) is 6.63. The normalized spacial score (nSPS) is 15.5. The molecule has 1 fully saturated rings. The standard InChI is InChI=1S/C19H28N2O2/c1-3-4-8-19(23)21-11-9-17(10-12-21)20-18(22)14-16-7-5-6-15(2)13-16/h5-7,13,17H,3-4,8-12,14H2,1-2H3,(H,20,22). The molecule has 0 radical (unpaired) electrons. The molecule has 1 N–H and O–H groups in total. The van der Waals surface area contributed by atoms with Crippen molar-refractivity contribution in [3.05, 3.63) is 35.4 Å². The lowest BCUT2D eigenvalue weighted by Crippen LogP contribution is -2.46. The fraction of sp³-hybridized carbons (Fsp3) is 0.579. The Labute approximate surface area is 139 Å². The molecule has 0 aliphatic carbocycles. The lowest BCUT2D eigenvalue weighted by molar-refractivity contribution is -0.132. The van der Waals surface area contributed by atoms with Gasteiger partial charge in [0.15, 0.2) is 0 Å². The van der Waals surface area contributed by atoms with Crippen molar-refractivity contribution in [1.82, 2.24) is 10.2 Å². The molecule has 2 rings (SSSR count). The van der Waals surface area contributed by atoms with E-state index in [4.69, 9.17) is 0 Å². The average molecular weight is 316 g/mol. The van der Waals surface area contributed by atoms with Gasteiger partial charge in [0, 0.05) is 25.6 Å². The molecule has 0 saturated carbocycles. The molecule has 1 aliphatic heterocycles. The van der Waals surface area contributed by atoms with E-state index in [0.717, 1.165) is 44.3 Å². The molecule has 0 atom stereocenters. The smallest absolute Gasteiger partial charge is 0.224 e. The summed E-state index contributed by atoms with van der Waals surface area (Å²) in [5.74, 6) is 0.336. The van der Waals surface area contributed by atoms with Crippen LogP contribution in [-0.4, -0.2) is 35.8 Å². The highest BCUT2D eigenvalue weighted by Crippen LogP contribution is 2.13. The van der Waals surface area contributed by atoms with Gasteiger partial charge in [0.25, 0.3) is 0 Å². The minimum Gasteiger partial charge on any atom is -0.353 e. The lowest BCUT2D eigenvalue weighted by atomic mass is 10.0. The number of unbranched alkanes of at least 4 members (excludes halogenated alkanes) is 1. The molecule has 2 amide bonds. The van der Waals surface area contributed by atoms with Crippen molar-refractivity contribution in [1.29, 1.82) is 0 Å². The van der Waals surface area contributed by atoms with E-state index in [1.54, 1.807) is 0 Å². The first-order chi connectivity index (χ1) is 11.1. The minimum absolute atomic E-state index is 0.0753. The van der Waals surface area contributed by atoms with Gasteiger partial charge in [0.1, 0.15) is 0 Å². The summed E-state index contributed by atoms with van der Waals surface area (Å²) in [5.41, 5.74) is 2.23. The fourth-order valence-electron chi connectivity index (χ4n) is 3.05. The van der Waals surface area contributed by atoms with Gasteiger partial charge in [-0.1, -0.05) is 43.2 Å². The molecule has 126 valence electrons. The lowest BCUT2D eigenvalue weighted by Gasteiger charge is -2.32. The van der Waals surface area contributed by atoms with Gasteiger partial charge >= 0.3 is 0 Å². The van der Waals surface area contributed by atoms with Crippen LogP contribution in [0.3, 0.4) is 0 Å². The minimum atomic E-state index is 0.0753. The van der Waals surface area contributed by atoms with Gasteiger partial charge in [-0.3, -0.25) is 9.59 Å². The summed E-state index contributed by atoms with van der Waals surface area (Å²) < 4.78 is 0. The maximum absolute atomic E-state index is 12.2. The monoisotopic (exact) mass is 316 g/mol. The number of likely N-dealkylation sites (tertiary alicyclic amines) is 1. The first-order valence-electron chi connectivity index (χ1n) is 8.71. The molecule has 1 heterocycles. The molecule has 0 unspecified atom stereocenters. The van der Waals surface area contributed by atoms with Crippen LogP contribution in [-0.2, 0) is 16.0 Å². The van der Waals surface area contributed by atoms with Crippen LogP contribution in [0, 0.1) is 6.92 Å². The Balaban J connectivity index is 1.73. The molecule has 1 aromatic carbocycles. The predicted octanol–water partition coefficient (Wildman–Crippen LogP) is 2.83. The zero-order chi connectivity index (χ0) is 16.7. The zero-order valence-corrected chi connectivity index (χ0v) is 14.3. The second-order valence-corrected chi connectivity index (χ2v) is 6.49. The van der Waals surface area contributed by atoms with E-state index in [1.807, 2.05) is 30.0 Å². The molecule has 4 heteroatoms. The third-order valence-corrected chi connectivity index (χ3v) is 4.40. The van der Waals surface area contributed by atoms with Gasteiger partial charge in [-0.15, -0.1) is 0 Å². The highest BCUT2D eigenvalue weighted by atomic mass is 16.2. The van der Waals surface area contributed by atoms with Crippen molar-refractivity contribution in [2.45, 2.75) is 58.4 Å². The number of benzene rings is 1. The van der Waals surface area contributed by atoms with E-state index in [1.165, 1.54) is 5.56 Å². The first-order valence-corrected chi connectivity index (χ1v) is 8.71. The molecule has 1 aliphatic rings. The van der Waals surface area contributed by atoms with Crippen molar-refractivity contribution in [2.24, 2.45) is 0 Å². The van der Waals surface area contributed by atoms with Gasteiger partial charge < -0.3 is 10.2 Å². The number of nitrogens with one attached hydrogen (secondary N) is 1. The van der Waals surface area contributed by atoms with Crippen molar-refractivity contribution >= 4 is 11.8 Å². The van der Waals surface area contributed by atoms with Gasteiger partial charge in [0.05, 0.1) is 6.42 Å². The predicted molar refractivity (Wildman–Crippen MR) is 92.2 cm³/mol. The summed E-state index contributed by atoms with van der Waals surface area (Å²) >= 11 is 0. The quantitative estimate of drug-likeness (QED) is 0.877. The molecule has 23 heavy (non-hydrogen) atoms. The van der Waals surface area contributed by atoms with Crippen LogP contribution in [0.5, 0.6) is 0 Å². The number of aryl methyl sites for hydroxylation is 1. The van der Waals surface area contributed by atoms with Crippen LogP contribution in [0.15, 0.2) is 24.3 Å². The van der Waals surface area contributed by atoms with E-state index < -0.39 is 0 Å². The largest absolute Gasteiger partial charge is 0.353 e. The number of hydrogen-bond donors (Lipinski definition) is 1. The molecule has 0 spiro atoms. The Hall–Kier alpha value is -1.84. The number of carbonyl (C=O) groups excluding carboxylic acids is 2. The Morgan fingerprint density at radius 1 is 1.26 bits per heavy atom. The van der Waals surface area contributed by atoms with Crippen LogP contribution in [0.25, 0.3) is 0 Å². The fourth-order valence-corrected chi connectivity index (χ4v) is 3.05. The number of nitrogens with zero attached hydrogens (tertiary/aromatic N) is 1. The molecule has 0 bridgehead atoms. The number of hydrogen-bond acceptors (Lipinski definition) is 2. The van der Waals surface area contributed by atoms with E-state index in [0.29, 0.717) is 12.8 Å². The molecular formula is C19H28N2O2. The maximum Gasteiger partial charge on any atom is 0.224 e. The van der Waals surface area contributed by atoms with E-state index in [9.17, 15) is 9.59 Å². The van der Waals surface area contributed by atoms with Gasteiger partial charge in [-0.2, -0.15) is 0 Å². The average Bonchev–Trinajstić information content (AvgIpc) is 2.53. The second-order valence-electron chi connectivity index (χ2n) is 6.49. The van der Waals surface area contributed by atoms with Crippen LogP contribution in [0.4, 0.5) is 0 Å². The summed E-state index contributed by atoms with van der Waals surface area (Å²) in [7, 11) is 0. The number of rotatable bonds is 6. The molecular weight excluding hydrogens is 288 g/mol. The third-order valence-electron chi connectivity index (χ3n) is 4.40. The molecule has 1 aromatic rings. The SMILES string of the molecule is CCCCC(=O)N1CCC(NC(=O)Cc2cccc(C)c2)CC1. The van der Waals surface area contributed by atoms with Crippen LogP contribution in [0.1, 0.15) is 50.2 Å². The van der Waals surface area contributed by atoms with E-state index in [2.05, 4.69) is 18.3 Å². The van der Waals surface area contributed by atoms with Crippen LogP contribution >= 0.6 is 0 Å². The molecule has 1 saturated heterocycles.